The third-order valence-corrected chi connectivity index (χ3v) is 5.34. The number of hydrogen-bond donors (Lipinski definition) is 2. The van der Waals surface area contributed by atoms with Crippen molar-refractivity contribution in [1.82, 2.24) is 15.5 Å². The summed E-state index contributed by atoms with van der Waals surface area (Å²) in [4.78, 5) is 26.6. The summed E-state index contributed by atoms with van der Waals surface area (Å²) >= 11 is 0. The van der Waals surface area contributed by atoms with Crippen LogP contribution in [0.5, 0.6) is 0 Å². The summed E-state index contributed by atoms with van der Waals surface area (Å²) in [6.45, 7) is 7.26. The van der Waals surface area contributed by atoms with E-state index in [1.165, 1.54) is 16.7 Å². The monoisotopic (exact) mass is 449 g/mol. The molecule has 176 valence electrons. The normalized spacial score (nSPS) is 11.2. The number of likely N-dealkylation sites (N-methyl/N-ethyl adjacent to an activating group) is 1. The lowest BCUT2D eigenvalue weighted by molar-refractivity contribution is -0.134. The molecule has 2 amide bonds. The van der Waals surface area contributed by atoms with Crippen molar-refractivity contribution < 1.29 is 14.3 Å². The summed E-state index contributed by atoms with van der Waals surface area (Å²) < 4.78 is 5.55. The largest absolute Gasteiger partial charge is 0.367 e. The fraction of sp³-hybridized carbons (Fsp3) is 0.407. The smallest absolute Gasteiger partial charge is 0.246 e. The minimum Gasteiger partial charge on any atom is -0.367 e. The highest BCUT2D eigenvalue weighted by Gasteiger charge is 2.29. The van der Waals surface area contributed by atoms with Gasteiger partial charge >= 0.3 is 0 Å². The minimum absolute atomic E-state index is 0.118. The summed E-state index contributed by atoms with van der Waals surface area (Å²) in [5, 5.41) is 5.55. The van der Waals surface area contributed by atoms with Crippen molar-refractivity contribution in [3.63, 3.8) is 0 Å². The van der Waals surface area contributed by atoms with Gasteiger partial charge in [0.15, 0.2) is 0 Å². The third-order valence-electron chi connectivity index (χ3n) is 5.34. The molecule has 0 spiro atoms. The van der Waals surface area contributed by atoms with Crippen molar-refractivity contribution in [2.75, 3.05) is 33.3 Å². The minimum atomic E-state index is -1.04. The molecule has 0 saturated heterocycles. The van der Waals surface area contributed by atoms with Gasteiger partial charge in [-0.05, 0) is 56.5 Å². The van der Waals surface area contributed by atoms with Crippen molar-refractivity contribution in [3.8, 4) is 12.3 Å². The summed E-state index contributed by atoms with van der Waals surface area (Å²) in [5.41, 5.74) is 3.77. The quantitative estimate of drug-likeness (QED) is 0.489. The average Bonchev–Trinajstić information content (AvgIpc) is 2.76. The van der Waals surface area contributed by atoms with Crippen molar-refractivity contribution in [1.29, 1.82) is 0 Å². The molecule has 2 aromatic rings. The highest BCUT2D eigenvalue weighted by molar-refractivity contribution is 5.91. The maximum Gasteiger partial charge on any atom is 0.246 e. The Morgan fingerprint density at radius 2 is 1.76 bits per heavy atom. The molecule has 33 heavy (non-hydrogen) atoms. The van der Waals surface area contributed by atoms with Crippen LogP contribution >= 0.6 is 0 Å². The summed E-state index contributed by atoms with van der Waals surface area (Å²) in [6.07, 6.45) is 6.15. The average molecular weight is 450 g/mol. The zero-order valence-electron chi connectivity index (χ0n) is 20.1. The van der Waals surface area contributed by atoms with E-state index < -0.39 is 5.54 Å². The molecule has 0 aliphatic carbocycles. The predicted molar refractivity (Wildman–Crippen MR) is 132 cm³/mol. The highest BCUT2D eigenvalue weighted by Crippen LogP contribution is 2.14. The predicted octanol–water partition coefficient (Wildman–Crippen LogP) is 2.68. The van der Waals surface area contributed by atoms with E-state index in [1.54, 1.807) is 13.8 Å². The van der Waals surface area contributed by atoms with Gasteiger partial charge in [-0.25, -0.2) is 0 Å². The fourth-order valence-electron chi connectivity index (χ4n) is 3.30. The lowest BCUT2D eigenvalue weighted by Gasteiger charge is -2.25. The topological polar surface area (TPSA) is 70.7 Å². The van der Waals surface area contributed by atoms with E-state index in [2.05, 4.69) is 53.8 Å². The second-order valence-corrected chi connectivity index (χ2v) is 8.78. The Bertz CT molecular complexity index is 961. The van der Waals surface area contributed by atoms with Gasteiger partial charge in [0.2, 0.25) is 11.8 Å². The van der Waals surface area contributed by atoms with Gasteiger partial charge < -0.3 is 15.4 Å². The van der Waals surface area contributed by atoms with Gasteiger partial charge in [0, 0.05) is 13.1 Å². The molecule has 6 heteroatoms. The second-order valence-electron chi connectivity index (χ2n) is 8.78. The lowest BCUT2D eigenvalue weighted by atomic mass is 10.00. The van der Waals surface area contributed by atoms with E-state index in [0.717, 1.165) is 12.0 Å². The molecule has 0 aliphatic rings. The molecule has 2 rings (SSSR count). The molecule has 0 fully saturated rings. The van der Waals surface area contributed by atoms with Crippen LogP contribution in [0.4, 0.5) is 0 Å². The number of aryl methyl sites for hydroxylation is 1. The summed E-state index contributed by atoms with van der Waals surface area (Å²) in [7, 11) is 1.88. The first-order valence-corrected chi connectivity index (χ1v) is 11.1. The number of nitrogens with one attached hydrogen (secondary N) is 2. The van der Waals surface area contributed by atoms with Gasteiger partial charge in [-0.3, -0.25) is 14.5 Å². The Hall–Kier alpha value is -3.14. The summed E-state index contributed by atoms with van der Waals surface area (Å²) in [5.74, 6) is 1.96. The Balaban J connectivity index is 1.73. The Morgan fingerprint density at radius 1 is 1.09 bits per heavy atom. The van der Waals surface area contributed by atoms with Crippen LogP contribution < -0.4 is 10.6 Å². The van der Waals surface area contributed by atoms with Crippen LogP contribution in [-0.4, -0.2) is 55.5 Å². The molecule has 0 radical (unpaired) electrons. The van der Waals surface area contributed by atoms with Crippen molar-refractivity contribution in [2.24, 2.45) is 0 Å². The standard InChI is InChI=1S/C27H35N3O3/c1-6-16-30(5)17-15-28-26(32)27(3,4)29-25(31)20-33-19-23-13-11-22(12-14-23)18-24-10-8-7-9-21(24)2/h1,7-14H,15-20H2,2-5H3,(H,28,32)(H,29,31). The molecular weight excluding hydrogens is 414 g/mol. The van der Waals surface area contributed by atoms with Crippen molar-refractivity contribution >= 4 is 11.8 Å². The molecule has 0 saturated carbocycles. The molecule has 6 nitrogen and oxygen atoms in total. The van der Waals surface area contributed by atoms with Gasteiger partial charge in [-0.2, -0.15) is 0 Å². The SMILES string of the molecule is C#CCN(C)CCNC(=O)C(C)(C)NC(=O)COCc1ccc(Cc2ccccc2C)cc1. The summed E-state index contributed by atoms with van der Waals surface area (Å²) in [6, 6.07) is 16.6. The van der Waals surface area contributed by atoms with Crippen LogP contribution in [0.1, 0.15) is 36.1 Å². The van der Waals surface area contributed by atoms with Gasteiger partial charge in [-0.15, -0.1) is 6.42 Å². The first-order valence-electron chi connectivity index (χ1n) is 11.1. The third kappa shape index (κ3) is 9.09. The molecule has 0 aliphatic heterocycles. The first-order chi connectivity index (χ1) is 15.7. The zero-order chi connectivity index (χ0) is 24.3. The van der Waals surface area contributed by atoms with Crippen LogP contribution in [0.3, 0.4) is 0 Å². The van der Waals surface area contributed by atoms with E-state index >= 15 is 0 Å². The number of carbonyl (C=O) groups is 2. The molecule has 2 aromatic carbocycles. The van der Waals surface area contributed by atoms with Gasteiger partial charge in [0.1, 0.15) is 12.1 Å². The van der Waals surface area contributed by atoms with E-state index in [9.17, 15) is 9.59 Å². The van der Waals surface area contributed by atoms with Crippen molar-refractivity contribution in [3.05, 3.63) is 70.8 Å². The number of nitrogens with zero attached hydrogens (tertiary/aromatic N) is 1. The number of rotatable bonds is 12. The van der Waals surface area contributed by atoms with E-state index in [-0.39, 0.29) is 18.4 Å². The number of amides is 2. The zero-order valence-corrected chi connectivity index (χ0v) is 20.1. The van der Waals surface area contributed by atoms with E-state index in [1.807, 2.05) is 30.1 Å². The Labute approximate surface area is 197 Å². The van der Waals surface area contributed by atoms with Crippen LogP contribution in [0.15, 0.2) is 48.5 Å². The second kappa shape index (κ2) is 12.8. The number of hydrogen-bond acceptors (Lipinski definition) is 4. The Kier molecular flexibility index (Phi) is 10.1. The lowest BCUT2D eigenvalue weighted by Crippen LogP contribution is -2.56. The van der Waals surface area contributed by atoms with Crippen LogP contribution in [0, 0.1) is 19.3 Å². The number of terminal acetylenes is 1. The van der Waals surface area contributed by atoms with Gasteiger partial charge in [-0.1, -0.05) is 54.5 Å². The molecule has 0 heterocycles. The molecule has 0 aromatic heterocycles. The van der Waals surface area contributed by atoms with Crippen LogP contribution in [0.25, 0.3) is 0 Å². The van der Waals surface area contributed by atoms with E-state index in [4.69, 9.17) is 11.2 Å². The number of carbonyl (C=O) groups excluding carboxylic acids is 2. The maximum atomic E-state index is 12.4. The van der Waals surface area contributed by atoms with Crippen LogP contribution in [-0.2, 0) is 27.4 Å². The molecule has 0 atom stereocenters. The first kappa shape index (κ1) is 26.1. The molecule has 0 unspecified atom stereocenters. The fourth-order valence-corrected chi connectivity index (χ4v) is 3.30. The van der Waals surface area contributed by atoms with Crippen LogP contribution in [0.2, 0.25) is 0 Å². The van der Waals surface area contributed by atoms with Gasteiger partial charge in [0.25, 0.3) is 0 Å². The molecule has 2 N–H and O–H groups in total. The maximum absolute atomic E-state index is 12.4. The number of benzene rings is 2. The molecular formula is C27H35N3O3. The van der Waals surface area contributed by atoms with Gasteiger partial charge in [0.05, 0.1) is 13.2 Å². The van der Waals surface area contributed by atoms with Crippen molar-refractivity contribution in [2.45, 2.75) is 39.3 Å². The van der Waals surface area contributed by atoms with E-state index in [0.29, 0.717) is 26.2 Å². The number of ether oxygens (including phenoxy) is 1. The Morgan fingerprint density at radius 3 is 2.42 bits per heavy atom. The highest BCUT2D eigenvalue weighted by atomic mass is 16.5. The molecule has 0 bridgehead atoms.